The van der Waals surface area contributed by atoms with Gasteiger partial charge in [-0.05, 0) is 37.5 Å². The SMILES string of the molecule is CCc1cc(CC(O)c2cncc(C)c2)n(CC)n1. The summed E-state index contributed by atoms with van der Waals surface area (Å²) in [4.78, 5) is 4.13. The van der Waals surface area contributed by atoms with Crippen LogP contribution in [0.25, 0.3) is 0 Å². The van der Waals surface area contributed by atoms with Gasteiger partial charge in [-0.25, -0.2) is 0 Å². The van der Waals surface area contributed by atoms with Crippen LogP contribution in [0.1, 0.15) is 42.5 Å². The van der Waals surface area contributed by atoms with E-state index in [0.29, 0.717) is 6.42 Å². The van der Waals surface area contributed by atoms with E-state index in [9.17, 15) is 5.11 Å². The number of hydrogen-bond donors (Lipinski definition) is 1. The largest absolute Gasteiger partial charge is 0.388 e. The lowest BCUT2D eigenvalue weighted by Gasteiger charge is -2.12. The first-order chi connectivity index (χ1) is 9.13. The van der Waals surface area contributed by atoms with Gasteiger partial charge >= 0.3 is 0 Å². The van der Waals surface area contributed by atoms with E-state index in [1.807, 2.05) is 17.7 Å². The molecule has 2 aromatic heterocycles. The van der Waals surface area contributed by atoms with Gasteiger partial charge in [0, 0.05) is 31.1 Å². The van der Waals surface area contributed by atoms with Gasteiger partial charge < -0.3 is 5.11 Å². The summed E-state index contributed by atoms with van der Waals surface area (Å²) >= 11 is 0. The maximum Gasteiger partial charge on any atom is 0.0860 e. The van der Waals surface area contributed by atoms with E-state index >= 15 is 0 Å². The molecular formula is C15H21N3O. The molecular weight excluding hydrogens is 238 g/mol. The van der Waals surface area contributed by atoms with Crippen LogP contribution in [-0.2, 0) is 19.4 Å². The van der Waals surface area contributed by atoms with Crippen molar-refractivity contribution >= 4 is 0 Å². The lowest BCUT2D eigenvalue weighted by atomic mass is 10.1. The third-order valence-corrected chi connectivity index (χ3v) is 3.26. The van der Waals surface area contributed by atoms with Crippen LogP contribution in [0, 0.1) is 6.92 Å². The molecule has 0 saturated carbocycles. The lowest BCUT2D eigenvalue weighted by Crippen LogP contribution is -2.08. The Morgan fingerprint density at radius 2 is 2.05 bits per heavy atom. The number of aliphatic hydroxyl groups is 1. The van der Waals surface area contributed by atoms with Gasteiger partial charge in [0.25, 0.3) is 0 Å². The highest BCUT2D eigenvalue weighted by molar-refractivity contribution is 5.21. The Balaban J connectivity index is 2.18. The van der Waals surface area contributed by atoms with Crippen LogP contribution < -0.4 is 0 Å². The summed E-state index contributed by atoms with van der Waals surface area (Å²) in [6.45, 7) is 6.96. The van der Waals surface area contributed by atoms with Gasteiger partial charge in [-0.2, -0.15) is 5.10 Å². The second-order valence-corrected chi connectivity index (χ2v) is 4.81. The number of hydrogen-bond acceptors (Lipinski definition) is 3. The van der Waals surface area contributed by atoms with Crippen molar-refractivity contribution < 1.29 is 5.11 Å². The molecule has 4 nitrogen and oxygen atoms in total. The number of pyridine rings is 1. The highest BCUT2D eigenvalue weighted by atomic mass is 16.3. The molecule has 0 aliphatic rings. The van der Waals surface area contributed by atoms with Crippen LogP contribution in [0.2, 0.25) is 0 Å². The topological polar surface area (TPSA) is 50.9 Å². The minimum Gasteiger partial charge on any atom is -0.388 e. The summed E-state index contributed by atoms with van der Waals surface area (Å²) in [6, 6.07) is 4.06. The Bertz CT molecular complexity index is 548. The molecule has 0 aliphatic carbocycles. The van der Waals surface area contributed by atoms with Crippen molar-refractivity contribution in [3.05, 3.63) is 47.0 Å². The van der Waals surface area contributed by atoms with Gasteiger partial charge in [-0.1, -0.05) is 13.0 Å². The van der Waals surface area contributed by atoms with Crippen LogP contribution in [0.15, 0.2) is 24.5 Å². The number of aliphatic hydroxyl groups excluding tert-OH is 1. The first-order valence-electron chi connectivity index (χ1n) is 6.79. The van der Waals surface area contributed by atoms with Crippen molar-refractivity contribution in [2.75, 3.05) is 0 Å². The van der Waals surface area contributed by atoms with Crippen molar-refractivity contribution in [1.29, 1.82) is 0 Å². The molecule has 0 radical (unpaired) electrons. The van der Waals surface area contributed by atoms with Crippen LogP contribution in [0.5, 0.6) is 0 Å². The third kappa shape index (κ3) is 3.20. The maximum atomic E-state index is 10.3. The van der Waals surface area contributed by atoms with E-state index in [4.69, 9.17) is 0 Å². The van der Waals surface area contributed by atoms with Crippen LogP contribution in [0.3, 0.4) is 0 Å². The smallest absolute Gasteiger partial charge is 0.0860 e. The summed E-state index contributed by atoms with van der Waals surface area (Å²) in [7, 11) is 0. The fraction of sp³-hybridized carbons (Fsp3) is 0.467. The Morgan fingerprint density at radius 3 is 2.68 bits per heavy atom. The third-order valence-electron chi connectivity index (χ3n) is 3.26. The Kier molecular flexibility index (Phi) is 4.32. The molecule has 0 amide bonds. The van der Waals surface area contributed by atoms with E-state index in [0.717, 1.165) is 35.5 Å². The van der Waals surface area contributed by atoms with E-state index in [1.165, 1.54) is 0 Å². The van der Waals surface area contributed by atoms with Crippen LogP contribution in [0.4, 0.5) is 0 Å². The molecule has 1 atom stereocenters. The normalized spacial score (nSPS) is 12.6. The van der Waals surface area contributed by atoms with Gasteiger partial charge in [0.15, 0.2) is 0 Å². The van der Waals surface area contributed by atoms with Gasteiger partial charge in [-0.15, -0.1) is 0 Å². The van der Waals surface area contributed by atoms with E-state index in [1.54, 1.807) is 12.4 Å². The number of rotatable bonds is 5. The molecule has 0 aliphatic heterocycles. The average Bonchev–Trinajstić information content (AvgIpc) is 2.81. The highest BCUT2D eigenvalue weighted by Crippen LogP contribution is 2.19. The predicted molar refractivity (Wildman–Crippen MR) is 74.9 cm³/mol. The van der Waals surface area contributed by atoms with Crippen molar-refractivity contribution in [2.45, 2.75) is 46.3 Å². The fourth-order valence-electron chi connectivity index (χ4n) is 2.20. The summed E-state index contributed by atoms with van der Waals surface area (Å²) in [6.07, 6.45) is 4.49. The average molecular weight is 259 g/mol. The van der Waals surface area contributed by atoms with Gasteiger partial charge in [0.2, 0.25) is 0 Å². The molecule has 2 aromatic rings. The summed E-state index contributed by atoms with van der Waals surface area (Å²) in [5.74, 6) is 0. The zero-order valence-electron chi connectivity index (χ0n) is 11.8. The molecule has 0 aromatic carbocycles. The van der Waals surface area contributed by atoms with Crippen molar-refractivity contribution in [2.24, 2.45) is 0 Å². The number of nitrogens with zero attached hydrogens (tertiary/aromatic N) is 3. The minimum atomic E-state index is -0.529. The molecule has 2 heterocycles. The maximum absolute atomic E-state index is 10.3. The van der Waals surface area contributed by atoms with Gasteiger partial charge in [0.1, 0.15) is 0 Å². The predicted octanol–water partition coefficient (Wildman–Crippen LogP) is 2.44. The fourth-order valence-corrected chi connectivity index (χ4v) is 2.20. The zero-order chi connectivity index (χ0) is 13.8. The first-order valence-corrected chi connectivity index (χ1v) is 6.79. The zero-order valence-corrected chi connectivity index (χ0v) is 11.8. The standard InChI is InChI=1S/C15H21N3O/c1-4-13-7-14(18(5-2)17-13)8-15(19)12-6-11(3)9-16-10-12/h6-7,9-10,15,19H,4-5,8H2,1-3H3. The second-order valence-electron chi connectivity index (χ2n) is 4.81. The molecule has 102 valence electrons. The van der Waals surface area contributed by atoms with Crippen molar-refractivity contribution in [3.8, 4) is 0 Å². The highest BCUT2D eigenvalue weighted by Gasteiger charge is 2.13. The summed E-state index contributed by atoms with van der Waals surface area (Å²) in [5, 5.41) is 14.8. The van der Waals surface area contributed by atoms with E-state index in [2.05, 4.69) is 30.0 Å². The van der Waals surface area contributed by atoms with Crippen LogP contribution >= 0.6 is 0 Å². The molecule has 0 spiro atoms. The monoisotopic (exact) mass is 259 g/mol. The minimum absolute atomic E-state index is 0.529. The number of aromatic nitrogens is 3. The van der Waals surface area contributed by atoms with E-state index < -0.39 is 6.10 Å². The molecule has 0 fully saturated rings. The van der Waals surface area contributed by atoms with Gasteiger partial charge in [0.05, 0.1) is 11.8 Å². The molecule has 1 unspecified atom stereocenters. The number of aryl methyl sites for hydroxylation is 3. The Hall–Kier alpha value is -1.68. The van der Waals surface area contributed by atoms with Crippen molar-refractivity contribution in [1.82, 2.24) is 14.8 Å². The van der Waals surface area contributed by atoms with Gasteiger partial charge in [-0.3, -0.25) is 9.67 Å². The van der Waals surface area contributed by atoms with Crippen LogP contribution in [-0.4, -0.2) is 19.9 Å². The van der Waals surface area contributed by atoms with E-state index in [-0.39, 0.29) is 0 Å². The Morgan fingerprint density at radius 1 is 1.26 bits per heavy atom. The quantitative estimate of drug-likeness (QED) is 0.897. The molecule has 0 saturated heterocycles. The molecule has 4 heteroatoms. The summed E-state index contributed by atoms with van der Waals surface area (Å²) < 4.78 is 1.96. The molecule has 19 heavy (non-hydrogen) atoms. The van der Waals surface area contributed by atoms with Crippen molar-refractivity contribution in [3.63, 3.8) is 0 Å². The molecule has 0 bridgehead atoms. The Labute approximate surface area is 114 Å². The summed E-state index contributed by atoms with van der Waals surface area (Å²) in [5.41, 5.74) is 4.08. The lowest BCUT2D eigenvalue weighted by molar-refractivity contribution is 0.175. The molecule has 2 rings (SSSR count). The first kappa shape index (κ1) is 13.7. The second kappa shape index (κ2) is 5.97. The molecule has 1 N–H and O–H groups in total.